The van der Waals surface area contributed by atoms with Gasteiger partial charge in [-0.15, -0.1) is 0 Å². The maximum absolute atomic E-state index is 12.8. The minimum absolute atomic E-state index is 0.211. The molecule has 3 heterocycles. The Hall–Kier alpha value is -3.25. The van der Waals surface area contributed by atoms with E-state index in [2.05, 4.69) is 32.3 Å². The normalized spacial score (nSPS) is 16.9. The Morgan fingerprint density at radius 2 is 1.93 bits per heavy atom. The van der Waals surface area contributed by atoms with E-state index < -0.39 is 0 Å². The lowest BCUT2D eigenvalue weighted by molar-refractivity contribution is 0.103. The molecule has 1 saturated heterocycles. The van der Waals surface area contributed by atoms with Crippen LogP contribution in [0.15, 0.2) is 66.9 Å². The number of nitrogens with two attached hydrogens (primary N) is 1. The number of nitrogens with one attached hydrogen (secondary N) is 1. The average molecular weight is 359 g/mol. The zero-order chi connectivity index (χ0) is 18.6. The summed E-state index contributed by atoms with van der Waals surface area (Å²) in [6, 6.07) is 19.5. The Morgan fingerprint density at radius 1 is 1.07 bits per heavy atom. The summed E-state index contributed by atoms with van der Waals surface area (Å²) in [5, 5.41) is 3.54. The number of ketones is 1. The number of hydrogen-bond acceptors (Lipinski definition) is 6. The Balaban J connectivity index is 1.57. The predicted octanol–water partition coefficient (Wildman–Crippen LogP) is 2.44. The van der Waals surface area contributed by atoms with Crippen molar-refractivity contribution in [1.82, 2.24) is 15.3 Å². The van der Waals surface area contributed by atoms with Gasteiger partial charge in [-0.3, -0.25) is 4.79 Å². The van der Waals surface area contributed by atoms with Gasteiger partial charge in [-0.05, 0) is 29.8 Å². The average Bonchev–Trinajstić information content (AvgIpc) is 2.74. The van der Waals surface area contributed by atoms with Crippen molar-refractivity contribution in [2.45, 2.75) is 6.04 Å². The van der Waals surface area contributed by atoms with E-state index in [4.69, 9.17) is 5.73 Å². The largest absolute Gasteiger partial charge is 0.383 e. The topological polar surface area (TPSA) is 84.1 Å². The molecule has 6 heteroatoms. The molecule has 1 aromatic carbocycles. The van der Waals surface area contributed by atoms with Gasteiger partial charge >= 0.3 is 0 Å². The summed E-state index contributed by atoms with van der Waals surface area (Å²) in [7, 11) is 0. The van der Waals surface area contributed by atoms with Gasteiger partial charge in [-0.1, -0.05) is 36.4 Å². The van der Waals surface area contributed by atoms with E-state index in [0.29, 0.717) is 11.3 Å². The summed E-state index contributed by atoms with van der Waals surface area (Å²) in [5.74, 6) is 0.809. The molecule has 1 aliphatic heterocycles. The fourth-order valence-electron chi connectivity index (χ4n) is 3.34. The highest BCUT2D eigenvalue weighted by atomic mass is 16.1. The van der Waals surface area contributed by atoms with E-state index >= 15 is 0 Å². The van der Waals surface area contributed by atoms with Gasteiger partial charge in [0.1, 0.15) is 17.3 Å². The predicted molar refractivity (Wildman–Crippen MR) is 106 cm³/mol. The van der Waals surface area contributed by atoms with Gasteiger partial charge in [-0.2, -0.15) is 0 Å². The van der Waals surface area contributed by atoms with Gasteiger partial charge in [0, 0.05) is 31.9 Å². The first-order valence-corrected chi connectivity index (χ1v) is 8.98. The molecule has 6 nitrogen and oxygen atoms in total. The number of pyridine rings is 2. The third-order valence-electron chi connectivity index (χ3n) is 4.75. The second kappa shape index (κ2) is 7.55. The zero-order valence-electron chi connectivity index (χ0n) is 14.9. The number of nitrogens with zero attached hydrogens (tertiary/aromatic N) is 3. The quantitative estimate of drug-likeness (QED) is 0.696. The highest BCUT2D eigenvalue weighted by Crippen LogP contribution is 2.22. The molecule has 0 spiro atoms. The molecule has 3 N–H and O–H groups in total. The molecule has 27 heavy (non-hydrogen) atoms. The molecule has 2 aromatic heterocycles. The van der Waals surface area contributed by atoms with Gasteiger partial charge in [-0.25, -0.2) is 9.97 Å². The zero-order valence-corrected chi connectivity index (χ0v) is 14.9. The number of hydrogen-bond donors (Lipinski definition) is 2. The molecule has 0 bridgehead atoms. The fraction of sp³-hybridized carbons (Fsp3) is 0.190. The minimum Gasteiger partial charge on any atom is -0.383 e. The number of anilines is 2. The van der Waals surface area contributed by atoms with Crippen LogP contribution < -0.4 is 16.0 Å². The lowest BCUT2D eigenvalue weighted by atomic mass is 10.0. The van der Waals surface area contributed by atoms with Crippen LogP contribution in [-0.2, 0) is 0 Å². The van der Waals surface area contributed by atoms with Crippen LogP contribution in [0.1, 0.15) is 27.7 Å². The number of piperazine rings is 1. The minimum atomic E-state index is -0.211. The molecule has 1 fully saturated rings. The molecule has 1 atom stereocenters. The molecular formula is C21H21N5O. The standard InChI is InChI=1S/C21H21N5O/c22-21-16(8-5-11-24-21)20(27)17-9-4-10-19(25-17)26-13-12-23-18(14-26)15-6-2-1-3-7-15/h1-11,18,23H,12-14H2,(H2,22,24)/t18-/m1/s1. The van der Waals surface area contributed by atoms with Crippen molar-refractivity contribution >= 4 is 17.4 Å². The Morgan fingerprint density at radius 3 is 2.74 bits per heavy atom. The monoisotopic (exact) mass is 359 g/mol. The second-order valence-electron chi connectivity index (χ2n) is 6.51. The number of aromatic nitrogens is 2. The number of benzene rings is 1. The van der Waals surface area contributed by atoms with Gasteiger partial charge in [0.15, 0.2) is 0 Å². The van der Waals surface area contributed by atoms with Crippen LogP contribution in [0.3, 0.4) is 0 Å². The summed E-state index contributed by atoms with van der Waals surface area (Å²) in [6.07, 6.45) is 1.57. The van der Waals surface area contributed by atoms with Crippen LogP contribution in [0.2, 0.25) is 0 Å². The van der Waals surface area contributed by atoms with Crippen LogP contribution >= 0.6 is 0 Å². The van der Waals surface area contributed by atoms with E-state index in [1.165, 1.54) is 5.56 Å². The van der Waals surface area contributed by atoms with Crippen LogP contribution in [0.25, 0.3) is 0 Å². The first kappa shape index (κ1) is 17.2. The van der Waals surface area contributed by atoms with Crippen molar-refractivity contribution < 1.29 is 4.79 Å². The van der Waals surface area contributed by atoms with Crippen LogP contribution in [0, 0.1) is 0 Å². The summed E-state index contributed by atoms with van der Waals surface area (Å²) in [5.41, 5.74) is 7.85. The Bertz CT molecular complexity index is 944. The van der Waals surface area contributed by atoms with Crippen molar-refractivity contribution in [2.75, 3.05) is 30.3 Å². The first-order chi connectivity index (χ1) is 13.2. The third-order valence-corrected chi connectivity index (χ3v) is 4.75. The van der Waals surface area contributed by atoms with Crippen molar-refractivity contribution in [2.24, 2.45) is 0 Å². The van der Waals surface area contributed by atoms with Gasteiger partial charge < -0.3 is 16.0 Å². The molecule has 0 amide bonds. The van der Waals surface area contributed by atoms with Crippen LogP contribution in [0.5, 0.6) is 0 Å². The fourth-order valence-corrected chi connectivity index (χ4v) is 3.34. The van der Waals surface area contributed by atoms with Crippen molar-refractivity contribution in [3.05, 3.63) is 83.7 Å². The summed E-state index contributed by atoms with van der Waals surface area (Å²) >= 11 is 0. The molecular weight excluding hydrogens is 338 g/mol. The molecule has 0 radical (unpaired) electrons. The van der Waals surface area contributed by atoms with Crippen molar-refractivity contribution in [3.8, 4) is 0 Å². The first-order valence-electron chi connectivity index (χ1n) is 8.98. The Labute approximate surface area is 158 Å². The smallest absolute Gasteiger partial charge is 0.215 e. The van der Waals surface area contributed by atoms with E-state index in [9.17, 15) is 4.79 Å². The maximum atomic E-state index is 12.8. The third kappa shape index (κ3) is 3.66. The Kier molecular flexibility index (Phi) is 4.80. The van der Waals surface area contributed by atoms with Crippen molar-refractivity contribution in [1.29, 1.82) is 0 Å². The van der Waals surface area contributed by atoms with Crippen molar-refractivity contribution in [3.63, 3.8) is 0 Å². The summed E-state index contributed by atoms with van der Waals surface area (Å²) in [4.78, 5) is 23.6. The molecule has 1 aliphatic rings. The van der Waals surface area contributed by atoms with E-state index in [-0.39, 0.29) is 17.6 Å². The van der Waals surface area contributed by atoms with E-state index in [0.717, 1.165) is 25.5 Å². The molecule has 0 unspecified atom stereocenters. The highest BCUT2D eigenvalue weighted by molar-refractivity contribution is 6.10. The van der Waals surface area contributed by atoms with E-state index in [1.54, 1.807) is 24.4 Å². The molecule has 3 aromatic rings. The van der Waals surface area contributed by atoms with Gasteiger partial charge in [0.25, 0.3) is 0 Å². The molecule has 4 rings (SSSR count). The van der Waals surface area contributed by atoms with E-state index in [1.807, 2.05) is 30.3 Å². The van der Waals surface area contributed by atoms with Crippen LogP contribution in [0.4, 0.5) is 11.6 Å². The second-order valence-corrected chi connectivity index (χ2v) is 6.51. The number of carbonyl (C=O) groups is 1. The number of nitrogen functional groups attached to an aromatic ring is 1. The summed E-state index contributed by atoms with van der Waals surface area (Å²) in [6.45, 7) is 2.49. The maximum Gasteiger partial charge on any atom is 0.215 e. The molecule has 0 saturated carbocycles. The number of carbonyl (C=O) groups excluding carboxylic acids is 1. The molecule has 136 valence electrons. The summed E-state index contributed by atoms with van der Waals surface area (Å²) < 4.78 is 0. The molecule has 0 aliphatic carbocycles. The number of rotatable bonds is 4. The highest BCUT2D eigenvalue weighted by Gasteiger charge is 2.22. The van der Waals surface area contributed by atoms with Gasteiger partial charge in [0.2, 0.25) is 5.78 Å². The SMILES string of the molecule is Nc1ncccc1C(=O)c1cccc(N2CCN[C@@H](c3ccccc3)C2)n1. The van der Waals surface area contributed by atoms with Gasteiger partial charge in [0.05, 0.1) is 5.56 Å². The lowest BCUT2D eigenvalue weighted by Gasteiger charge is -2.35. The van der Waals surface area contributed by atoms with Crippen LogP contribution in [-0.4, -0.2) is 35.4 Å². The lowest BCUT2D eigenvalue weighted by Crippen LogP contribution is -2.46.